The molecule has 1 aliphatic rings. The van der Waals surface area contributed by atoms with Crippen LogP contribution in [0.5, 0.6) is 0 Å². The molecule has 4 heteroatoms. The van der Waals surface area contributed by atoms with Gasteiger partial charge in [-0.15, -0.1) is 0 Å². The number of hydrogen-bond acceptors (Lipinski definition) is 2. The monoisotopic (exact) mass is 340 g/mol. The summed E-state index contributed by atoms with van der Waals surface area (Å²) in [6, 6.07) is 6.13. The first-order valence-corrected chi connectivity index (χ1v) is 8.09. The maximum absolute atomic E-state index is 5.86. The average molecular weight is 341 g/mol. The second-order valence-electron chi connectivity index (χ2n) is 5.38. The van der Waals surface area contributed by atoms with Crippen molar-refractivity contribution in [3.63, 3.8) is 0 Å². The van der Waals surface area contributed by atoms with Crippen LogP contribution in [0, 0.1) is 5.92 Å². The molecule has 1 aromatic rings. The lowest BCUT2D eigenvalue weighted by atomic mass is 9.89. The summed E-state index contributed by atoms with van der Waals surface area (Å²) < 4.78 is 0.980. The molecule has 2 rings (SSSR count). The number of nitrogens with two attached hydrogens (primary N) is 1. The zero-order valence-electron chi connectivity index (χ0n) is 11.4. The van der Waals surface area contributed by atoms with E-state index in [0.29, 0.717) is 4.99 Å². The number of benzene rings is 1. The van der Waals surface area contributed by atoms with Crippen molar-refractivity contribution in [2.45, 2.75) is 32.1 Å². The number of nitrogens with zero attached hydrogens (tertiary/aromatic N) is 1. The SMILES string of the molecule is CN(CC1CCCCC1)c1cccc(Br)c1C(N)=S. The third-order valence-corrected chi connectivity index (χ3v) is 4.77. The maximum Gasteiger partial charge on any atom is 0.107 e. The Morgan fingerprint density at radius 2 is 2.05 bits per heavy atom. The molecule has 0 spiro atoms. The Morgan fingerprint density at radius 1 is 1.37 bits per heavy atom. The maximum atomic E-state index is 5.86. The van der Waals surface area contributed by atoms with E-state index in [-0.39, 0.29) is 0 Å². The Morgan fingerprint density at radius 3 is 2.68 bits per heavy atom. The molecule has 1 fully saturated rings. The van der Waals surface area contributed by atoms with Crippen molar-refractivity contribution >= 4 is 38.8 Å². The fraction of sp³-hybridized carbons (Fsp3) is 0.533. The van der Waals surface area contributed by atoms with E-state index in [1.54, 1.807) is 0 Å². The first kappa shape index (κ1) is 14.8. The molecule has 2 N–H and O–H groups in total. The summed E-state index contributed by atoms with van der Waals surface area (Å²) >= 11 is 8.73. The molecule has 1 aliphatic carbocycles. The van der Waals surface area contributed by atoms with Crippen LogP contribution in [0.4, 0.5) is 5.69 Å². The molecule has 0 heterocycles. The van der Waals surface area contributed by atoms with Gasteiger partial charge in [-0.1, -0.05) is 37.5 Å². The normalized spacial score (nSPS) is 16.3. The lowest BCUT2D eigenvalue weighted by Crippen LogP contribution is -2.29. The molecule has 1 aromatic carbocycles. The molecule has 19 heavy (non-hydrogen) atoms. The minimum Gasteiger partial charge on any atom is -0.389 e. The van der Waals surface area contributed by atoms with Crippen molar-refractivity contribution in [1.29, 1.82) is 0 Å². The molecular formula is C15H21BrN2S. The minimum atomic E-state index is 0.456. The molecule has 0 aromatic heterocycles. The van der Waals surface area contributed by atoms with Gasteiger partial charge in [0.15, 0.2) is 0 Å². The number of thiocarbonyl (C=S) groups is 1. The van der Waals surface area contributed by atoms with Gasteiger partial charge in [0.05, 0.1) is 0 Å². The van der Waals surface area contributed by atoms with E-state index in [1.807, 2.05) is 12.1 Å². The van der Waals surface area contributed by atoms with E-state index in [4.69, 9.17) is 18.0 Å². The zero-order chi connectivity index (χ0) is 13.8. The molecule has 0 atom stereocenters. The Balaban J connectivity index is 2.16. The molecule has 1 saturated carbocycles. The molecule has 0 amide bonds. The molecule has 104 valence electrons. The van der Waals surface area contributed by atoms with Crippen molar-refractivity contribution in [2.75, 3.05) is 18.5 Å². The molecule has 0 unspecified atom stereocenters. The Labute approximate surface area is 129 Å². The van der Waals surface area contributed by atoms with Crippen LogP contribution in [0.1, 0.15) is 37.7 Å². The lowest BCUT2D eigenvalue weighted by Gasteiger charge is -2.29. The van der Waals surface area contributed by atoms with E-state index in [0.717, 1.165) is 28.2 Å². The Hall–Kier alpha value is -0.610. The van der Waals surface area contributed by atoms with E-state index in [9.17, 15) is 0 Å². The van der Waals surface area contributed by atoms with Gasteiger partial charge in [-0.2, -0.15) is 0 Å². The highest BCUT2D eigenvalue weighted by atomic mass is 79.9. The van der Waals surface area contributed by atoms with Gasteiger partial charge < -0.3 is 10.6 Å². The predicted molar refractivity (Wildman–Crippen MR) is 89.9 cm³/mol. The highest BCUT2D eigenvalue weighted by Gasteiger charge is 2.18. The van der Waals surface area contributed by atoms with Gasteiger partial charge >= 0.3 is 0 Å². The van der Waals surface area contributed by atoms with Crippen molar-refractivity contribution in [3.05, 3.63) is 28.2 Å². The summed E-state index contributed by atoms with van der Waals surface area (Å²) in [5.74, 6) is 0.803. The van der Waals surface area contributed by atoms with Crippen LogP contribution in [0.25, 0.3) is 0 Å². The van der Waals surface area contributed by atoms with Gasteiger partial charge in [0, 0.05) is 29.3 Å². The lowest BCUT2D eigenvalue weighted by molar-refractivity contribution is 0.362. The topological polar surface area (TPSA) is 29.3 Å². The van der Waals surface area contributed by atoms with Gasteiger partial charge in [-0.05, 0) is 46.8 Å². The first-order valence-electron chi connectivity index (χ1n) is 6.89. The van der Waals surface area contributed by atoms with Crippen molar-refractivity contribution < 1.29 is 0 Å². The van der Waals surface area contributed by atoms with Gasteiger partial charge in [0.1, 0.15) is 4.99 Å². The third-order valence-electron chi connectivity index (χ3n) is 3.91. The second-order valence-corrected chi connectivity index (χ2v) is 6.68. The Kier molecular flexibility index (Phi) is 5.22. The largest absolute Gasteiger partial charge is 0.389 e. The predicted octanol–water partition coefficient (Wildman–Crippen LogP) is 4.10. The quantitative estimate of drug-likeness (QED) is 0.836. The number of halogens is 1. The van der Waals surface area contributed by atoms with Crippen LogP contribution in [-0.2, 0) is 0 Å². The highest BCUT2D eigenvalue weighted by molar-refractivity contribution is 9.10. The summed E-state index contributed by atoms with van der Waals surface area (Å²) in [6.45, 7) is 1.09. The number of rotatable bonds is 4. The van der Waals surface area contributed by atoms with Gasteiger partial charge in [0.25, 0.3) is 0 Å². The van der Waals surface area contributed by atoms with E-state index < -0.39 is 0 Å². The van der Waals surface area contributed by atoms with E-state index >= 15 is 0 Å². The molecule has 0 radical (unpaired) electrons. The van der Waals surface area contributed by atoms with Crippen LogP contribution in [0.2, 0.25) is 0 Å². The molecular weight excluding hydrogens is 320 g/mol. The van der Waals surface area contributed by atoms with Gasteiger partial charge in [0.2, 0.25) is 0 Å². The first-order chi connectivity index (χ1) is 9.09. The number of anilines is 1. The molecule has 0 saturated heterocycles. The summed E-state index contributed by atoms with van der Waals surface area (Å²) in [6.07, 6.45) is 6.84. The van der Waals surface area contributed by atoms with Crippen molar-refractivity contribution in [3.8, 4) is 0 Å². The fourth-order valence-electron chi connectivity index (χ4n) is 2.93. The van der Waals surface area contributed by atoms with E-state index in [2.05, 4.69) is 33.9 Å². The molecule has 0 aliphatic heterocycles. The number of hydrogen-bond donors (Lipinski definition) is 1. The van der Waals surface area contributed by atoms with E-state index in [1.165, 1.54) is 32.1 Å². The fourth-order valence-corrected chi connectivity index (χ4v) is 3.85. The summed E-state index contributed by atoms with van der Waals surface area (Å²) in [4.78, 5) is 2.76. The third kappa shape index (κ3) is 3.69. The van der Waals surface area contributed by atoms with Gasteiger partial charge in [-0.3, -0.25) is 0 Å². The molecule has 2 nitrogen and oxygen atoms in total. The van der Waals surface area contributed by atoms with Crippen molar-refractivity contribution in [2.24, 2.45) is 11.7 Å². The summed E-state index contributed by atoms with van der Waals surface area (Å²) in [7, 11) is 2.14. The van der Waals surface area contributed by atoms with Crippen LogP contribution in [0.3, 0.4) is 0 Å². The van der Waals surface area contributed by atoms with Crippen LogP contribution < -0.4 is 10.6 Å². The van der Waals surface area contributed by atoms with Crippen LogP contribution in [-0.4, -0.2) is 18.6 Å². The summed E-state index contributed by atoms with van der Waals surface area (Å²) in [5.41, 5.74) is 7.95. The molecule has 0 bridgehead atoms. The zero-order valence-corrected chi connectivity index (χ0v) is 13.8. The highest BCUT2D eigenvalue weighted by Crippen LogP contribution is 2.30. The van der Waals surface area contributed by atoms with Gasteiger partial charge in [-0.25, -0.2) is 0 Å². The minimum absolute atomic E-state index is 0.456. The van der Waals surface area contributed by atoms with Crippen molar-refractivity contribution in [1.82, 2.24) is 0 Å². The Bertz CT molecular complexity index is 455. The standard InChI is InChI=1S/C15H21BrN2S/c1-18(10-11-6-3-2-4-7-11)13-9-5-8-12(16)14(13)15(17)19/h5,8-9,11H,2-4,6-7,10H2,1H3,(H2,17,19). The average Bonchev–Trinajstić information content (AvgIpc) is 2.39. The van der Waals surface area contributed by atoms with Crippen LogP contribution in [0.15, 0.2) is 22.7 Å². The van der Waals surface area contributed by atoms with Crippen LogP contribution >= 0.6 is 28.1 Å². The second kappa shape index (κ2) is 6.71. The smallest absolute Gasteiger partial charge is 0.107 e. The summed E-state index contributed by atoms with van der Waals surface area (Å²) in [5, 5.41) is 0.